The van der Waals surface area contributed by atoms with Crippen LogP contribution in [0.15, 0.2) is 35.7 Å². The highest BCUT2D eigenvalue weighted by Crippen LogP contribution is 2.34. The number of ether oxygens (including phenoxy) is 2. The fraction of sp³-hybridized carbons (Fsp3) is 0.421. The van der Waals surface area contributed by atoms with E-state index in [1.165, 1.54) is 4.88 Å². The number of piperidine rings is 1. The van der Waals surface area contributed by atoms with Gasteiger partial charge >= 0.3 is 6.03 Å². The first-order chi connectivity index (χ1) is 12.8. The molecule has 2 aliphatic heterocycles. The summed E-state index contributed by atoms with van der Waals surface area (Å²) in [6.07, 6.45) is 2.24. The number of nitrogens with zero attached hydrogens (tertiary/aromatic N) is 1. The lowest BCUT2D eigenvalue weighted by molar-refractivity contribution is 0.174. The average Bonchev–Trinajstić information content (AvgIpc) is 3.32. The van der Waals surface area contributed by atoms with Gasteiger partial charge < -0.3 is 20.1 Å². The summed E-state index contributed by atoms with van der Waals surface area (Å²) < 4.78 is 10.6. The minimum atomic E-state index is -0.176. The molecule has 0 saturated carbocycles. The van der Waals surface area contributed by atoms with Crippen molar-refractivity contribution in [3.8, 4) is 11.5 Å². The van der Waals surface area contributed by atoms with E-state index in [2.05, 4.69) is 33.0 Å². The van der Waals surface area contributed by atoms with Crippen LogP contribution in [0.25, 0.3) is 0 Å². The Morgan fingerprint density at radius 2 is 2.04 bits per heavy atom. The van der Waals surface area contributed by atoms with E-state index >= 15 is 0 Å². The quantitative estimate of drug-likeness (QED) is 0.842. The Kier molecular flexibility index (Phi) is 5.26. The minimum Gasteiger partial charge on any atom is -0.454 e. The predicted octanol–water partition coefficient (Wildman–Crippen LogP) is 3.51. The molecule has 0 atom stereocenters. The summed E-state index contributed by atoms with van der Waals surface area (Å²) in [5.41, 5.74) is 0.706. The van der Waals surface area contributed by atoms with Crippen LogP contribution in [0.2, 0.25) is 0 Å². The minimum absolute atomic E-state index is 0.176. The Balaban J connectivity index is 1.18. The van der Waals surface area contributed by atoms with Crippen molar-refractivity contribution < 1.29 is 14.3 Å². The van der Waals surface area contributed by atoms with Crippen molar-refractivity contribution in [1.29, 1.82) is 0 Å². The van der Waals surface area contributed by atoms with E-state index in [0.717, 1.165) is 32.5 Å². The summed E-state index contributed by atoms with van der Waals surface area (Å²) in [6.45, 7) is 4.17. The first-order valence-electron chi connectivity index (χ1n) is 8.95. The third-order valence-electron chi connectivity index (χ3n) is 4.85. The predicted molar refractivity (Wildman–Crippen MR) is 102 cm³/mol. The molecule has 0 unspecified atom stereocenters. The van der Waals surface area contributed by atoms with Gasteiger partial charge in [-0.3, -0.25) is 4.90 Å². The molecule has 6 nitrogen and oxygen atoms in total. The molecular weight excluding hydrogens is 350 g/mol. The van der Waals surface area contributed by atoms with Gasteiger partial charge in [0.15, 0.2) is 11.5 Å². The summed E-state index contributed by atoms with van der Waals surface area (Å²) in [6, 6.07) is 9.53. The summed E-state index contributed by atoms with van der Waals surface area (Å²) in [4.78, 5) is 16.0. The molecule has 1 fully saturated rings. The molecule has 2 aromatic rings. The molecule has 1 saturated heterocycles. The van der Waals surface area contributed by atoms with E-state index in [0.29, 0.717) is 29.6 Å². The van der Waals surface area contributed by atoms with Crippen LogP contribution in [-0.4, -0.2) is 37.4 Å². The van der Waals surface area contributed by atoms with Gasteiger partial charge in [-0.05, 0) is 55.4 Å². The van der Waals surface area contributed by atoms with Crippen molar-refractivity contribution >= 4 is 23.1 Å². The number of nitrogens with one attached hydrogen (secondary N) is 2. The first-order valence-corrected chi connectivity index (χ1v) is 9.83. The van der Waals surface area contributed by atoms with Crippen molar-refractivity contribution in [1.82, 2.24) is 10.2 Å². The SMILES string of the molecule is O=C(NCC1CCN(Cc2cccs2)CC1)Nc1ccc2c(c1)OCO2. The van der Waals surface area contributed by atoms with Gasteiger partial charge in [0.1, 0.15) is 0 Å². The number of amides is 2. The zero-order valence-electron chi connectivity index (χ0n) is 14.6. The van der Waals surface area contributed by atoms with E-state index in [4.69, 9.17) is 9.47 Å². The molecule has 7 heteroatoms. The highest BCUT2D eigenvalue weighted by atomic mass is 32.1. The molecule has 0 radical (unpaired) electrons. The van der Waals surface area contributed by atoms with Crippen LogP contribution in [0.4, 0.5) is 10.5 Å². The third kappa shape index (κ3) is 4.28. The van der Waals surface area contributed by atoms with E-state index in [9.17, 15) is 4.79 Å². The highest BCUT2D eigenvalue weighted by Gasteiger charge is 2.20. The number of hydrogen-bond acceptors (Lipinski definition) is 5. The average molecular weight is 373 g/mol. The van der Waals surface area contributed by atoms with Crippen molar-refractivity contribution in [2.75, 3.05) is 31.7 Å². The molecule has 2 amide bonds. The fourth-order valence-corrected chi connectivity index (χ4v) is 4.10. The van der Waals surface area contributed by atoms with Crippen LogP contribution in [-0.2, 0) is 6.54 Å². The zero-order chi connectivity index (χ0) is 17.8. The molecule has 2 aliphatic rings. The van der Waals surface area contributed by atoms with Crippen molar-refractivity contribution in [3.05, 3.63) is 40.6 Å². The van der Waals surface area contributed by atoms with Crippen molar-refractivity contribution in [2.45, 2.75) is 19.4 Å². The Hall–Kier alpha value is -2.25. The van der Waals surface area contributed by atoms with E-state index in [1.807, 2.05) is 17.4 Å². The standard InChI is InChI=1S/C19H23N3O3S/c23-19(21-15-3-4-17-18(10-15)25-13-24-17)20-11-14-5-7-22(8-6-14)12-16-2-1-9-26-16/h1-4,9-10,14H,5-8,11-13H2,(H2,20,21,23). The lowest BCUT2D eigenvalue weighted by atomic mass is 9.97. The molecule has 0 aliphatic carbocycles. The summed E-state index contributed by atoms with van der Waals surface area (Å²) in [7, 11) is 0. The summed E-state index contributed by atoms with van der Waals surface area (Å²) >= 11 is 1.82. The van der Waals surface area contributed by atoms with E-state index in [-0.39, 0.29) is 12.8 Å². The van der Waals surface area contributed by atoms with Crippen LogP contribution >= 0.6 is 11.3 Å². The number of benzene rings is 1. The van der Waals surface area contributed by atoms with E-state index in [1.54, 1.807) is 12.1 Å². The van der Waals surface area contributed by atoms with Crippen LogP contribution in [0.5, 0.6) is 11.5 Å². The van der Waals surface area contributed by atoms with Gasteiger partial charge in [0.2, 0.25) is 6.79 Å². The number of fused-ring (bicyclic) bond motifs is 1. The maximum absolute atomic E-state index is 12.1. The Labute approximate surface area is 157 Å². The lowest BCUT2D eigenvalue weighted by Gasteiger charge is -2.31. The molecule has 138 valence electrons. The Morgan fingerprint density at radius 1 is 1.19 bits per heavy atom. The van der Waals surface area contributed by atoms with Crippen molar-refractivity contribution in [3.63, 3.8) is 0 Å². The third-order valence-corrected chi connectivity index (χ3v) is 5.71. The molecule has 1 aromatic carbocycles. The topological polar surface area (TPSA) is 62.8 Å². The molecule has 4 rings (SSSR count). The van der Waals surface area contributed by atoms with Gasteiger partial charge in [-0.25, -0.2) is 4.79 Å². The number of thiophene rings is 1. The number of anilines is 1. The smallest absolute Gasteiger partial charge is 0.319 e. The molecule has 2 N–H and O–H groups in total. The summed E-state index contributed by atoms with van der Waals surface area (Å²) in [5, 5.41) is 7.98. The Morgan fingerprint density at radius 3 is 2.85 bits per heavy atom. The molecular formula is C19H23N3O3S. The van der Waals surface area contributed by atoms with Crippen LogP contribution < -0.4 is 20.1 Å². The van der Waals surface area contributed by atoms with Gasteiger partial charge in [0, 0.05) is 29.7 Å². The van der Waals surface area contributed by atoms with Crippen LogP contribution in [0.3, 0.4) is 0 Å². The second-order valence-electron chi connectivity index (χ2n) is 6.70. The van der Waals surface area contributed by atoms with Gasteiger partial charge in [-0.2, -0.15) is 0 Å². The first kappa shape index (κ1) is 17.2. The van der Waals surface area contributed by atoms with Crippen LogP contribution in [0.1, 0.15) is 17.7 Å². The molecule has 3 heterocycles. The molecule has 1 aromatic heterocycles. The van der Waals surface area contributed by atoms with Gasteiger partial charge in [-0.15, -0.1) is 11.3 Å². The number of hydrogen-bond donors (Lipinski definition) is 2. The highest BCUT2D eigenvalue weighted by molar-refractivity contribution is 7.09. The zero-order valence-corrected chi connectivity index (χ0v) is 15.4. The molecule has 26 heavy (non-hydrogen) atoms. The van der Waals surface area contributed by atoms with Gasteiger partial charge in [-0.1, -0.05) is 6.07 Å². The number of carbonyl (C=O) groups excluding carboxylic acids is 1. The van der Waals surface area contributed by atoms with Gasteiger partial charge in [0.25, 0.3) is 0 Å². The van der Waals surface area contributed by atoms with Gasteiger partial charge in [0.05, 0.1) is 0 Å². The largest absolute Gasteiger partial charge is 0.454 e. The maximum Gasteiger partial charge on any atom is 0.319 e. The molecule has 0 bridgehead atoms. The lowest BCUT2D eigenvalue weighted by Crippen LogP contribution is -2.39. The Bertz CT molecular complexity index is 742. The van der Waals surface area contributed by atoms with E-state index < -0.39 is 0 Å². The van der Waals surface area contributed by atoms with Crippen LogP contribution in [0, 0.1) is 5.92 Å². The van der Waals surface area contributed by atoms with Crippen molar-refractivity contribution in [2.24, 2.45) is 5.92 Å². The second-order valence-corrected chi connectivity index (χ2v) is 7.73. The number of rotatable bonds is 5. The monoisotopic (exact) mass is 373 g/mol. The summed E-state index contributed by atoms with van der Waals surface area (Å²) in [5.74, 6) is 1.92. The number of urea groups is 1. The number of carbonyl (C=O) groups is 1. The molecule has 0 spiro atoms. The number of likely N-dealkylation sites (tertiary alicyclic amines) is 1. The fourth-order valence-electron chi connectivity index (χ4n) is 3.36. The maximum atomic E-state index is 12.1. The normalized spacial score (nSPS) is 17.2. The second kappa shape index (κ2) is 7.97.